The van der Waals surface area contributed by atoms with E-state index in [1.54, 1.807) is 37.4 Å². The van der Waals surface area contributed by atoms with Crippen molar-refractivity contribution >= 4 is 53.0 Å². The van der Waals surface area contributed by atoms with Gasteiger partial charge in [-0.05, 0) is 205 Å². The number of aromatic nitrogens is 4. The molecule has 4 aromatic carbocycles. The first-order valence-corrected chi connectivity index (χ1v) is 54.4. The van der Waals surface area contributed by atoms with E-state index >= 15 is 0 Å². The smallest absolute Gasteiger partial charge is 0.201 e. The Balaban J connectivity index is 0.000000194. The van der Waals surface area contributed by atoms with Gasteiger partial charge < -0.3 is 0 Å². The van der Waals surface area contributed by atoms with Crippen LogP contribution in [-0.2, 0) is 52.9 Å². The van der Waals surface area contributed by atoms with Gasteiger partial charge in [-0.2, -0.15) is 0 Å². The van der Waals surface area contributed by atoms with Crippen LogP contribution < -0.4 is 39.0 Å². The Kier molecular flexibility index (Phi) is 27.9. The van der Waals surface area contributed by atoms with Crippen molar-refractivity contribution in [1.29, 1.82) is 0 Å². The molecule has 2 saturated carbocycles. The van der Waals surface area contributed by atoms with Gasteiger partial charge >= 0.3 is 0 Å². The monoisotopic (exact) mass is 1470 g/mol. The molecule has 4 heterocycles. The minimum absolute atomic E-state index is 0.197. The molecule has 0 spiro atoms. The van der Waals surface area contributed by atoms with E-state index in [4.69, 9.17) is 0 Å². The molecule has 104 heavy (non-hydrogen) atoms. The number of hydrogen-bond donors (Lipinski definition) is 0. The molecular formula is C96H148N4Si4+4. The molecule has 0 radical (unpaired) electrons. The van der Waals surface area contributed by atoms with Crippen LogP contribution in [0.1, 0.15) is 226 Å². The highest BCUT2D eigenvalue weighted by atomic mass is 28.3. The van der Waals surface area contributed by atoms with E-state index in [1.165, 1.54) is 146 Å². The van der Waals surface area contributed by atoms with Crippen molar-refractivity contribution in [3.63, 3.8) is 0 Å². The van der Waals surface area contributed by atoms with Crippen LogP contribution in [0.5, 0.6) is 0 Å². The van der Waals surface area contributed by atoms with Gasteiger partial charge in [0.25, 0.3) is 0 Å². The molecule has 0 atom stereocenters. The summed E-state index contributed by atoms with van der Waals surface area (Å²) in [6.45, 7) is 70.9. The van der Waals surface area contributed by atoms with Gasteiger partial charge in [0, 0.05) is 67.3 Å². The van der Waals surface area contributed by atoms with E-state index < -0.39 is 32.3 Å². The van der Waals surface area contributed by atoms with Crippen LogP contribution in [0.25, 0.3) is 45.0 Å². The zero-order chi connectivity index (χ0) is 77.9. The third-order valence-electron chi connectivity index (χ3n) is 22.0. The minimum Gasteiger partial charge on any atom is -0.201 e. The first kappa shape index (κ1) is 85.6. The molecule has 0 aliphatic heterocycles. The van der Waals surface area contributed by atoms with Crippen molar-refractivity contribution in [2.75, 3.05) is 0 Å². The van der Waals surface area contributed by atoms with Gasteiger partial charge in [-0.15, -0.1) is 0 Å². The van der Waals surface area contributed by atoms with Crippen molar-refractivity contribution in [1.82, 2.24) is 0 Å². The Morgan fingerprint density at radius 1 is 0.375 bits per heavy atom. The molecule has 2 aliphatic rings. The van der Waals surface area contributed by atoms with Crippen LogP contribution in [-0.4, -0.2) is 32.3 Å². The number of pyridine rings is 4. The highest BCUT2D eigenvalue weighted by Crippen LogP contribution is 2.39. The summed E-state index contributed by atoms with van der Waals surface area (Å²) in [6.07, 6.45) is 24.2. The van der Waals surface area contributed by atoms with Crippen LogP contribution in [0.4, 0.5) is 0 Å². The number of nitrogens with zero attached hydrogens (tertiary/aromatic N) is 4. The fourth-order valence-corrected chi connectivity index (χ4v) is 23.1. The van der Waals surface area contributed by atoms with Crippen molar-refractivity contribution in [2.45, 2.75) is 297 Å². The Labute approximate surface area is 642 Å². The average Bonchev–Trinajstić information content (AvgIpc) is 0.994. The van der Waals surface area contributed by atoms with Crippen LogP contribution in [0.15, 0.2) is 122 Å². The lowest BCUT2D eigenvalue weighted by atomic mass is 9.85. The normalized spacial score (nSPS) is 14.3. The number of benzene rings is 4. The van der Waals surface area contributed by atoms with E-state index in [-0.39, 0.29) is 5.41 Å². The zero-order valence-corrected chi connectivity index (χ0v) is 76.9. The first-order valence-electron chi connectivity index (χ1n) is 40.4. The van der Waals surface area contributed by atoms with Gasteiger partial charge in [-0.1, -0.05) is 248 Å². The molecule has 2 fully saturated rings. The summed E-state index contributed by atoms with van der Waals surface area (Å²) in [4.78, 5) is 0. The second kappa shape index (κ2) is 33.9. The van der Waals surface area contributed by atoms with Crippen LogP contribution >= 0.6 is 0 Å². The van der Waals surface area contributed by atoms with E-state index in [9.17, 15) is 0 Å². The first-order chi connectivity index (χ1) is 47.8. The van der Waals surface area contributed by atoms with Crippen molar-refractivity contribution in [3.8, 4) is 45.0 Å². The van der Waals surface area contributed by atoms with E-state index in [0.29, 0.717) is 22.7 Å². The van der Waals surface area contributed by atoms with Gasteiger partial charge in [-0.3, -0.25) is 0 Å². The lowest BCUT2D eigenvalue weighted by Gasteiger charge is -2.25. The Morgan fingerprint density at radius 3 is 1.08 bits per heavy atom. The summed E-state index contributed by atoms with van der Waals surface area (Å²) in [5.74, 6) is 2.79. The van der Waals surface area contributed by atoms with Gasteiger partial charge in [0.15, 0.2) is 24.8 Å². The van der Waals surface area contributed by atoms with E-state index in [1.807, 2.05) is 0 Å². The lowest BCUT2D eigenvalue weighted by Crippen LogP contribution is -2.47. The quantitative estimate of drug-likeness (QED) is 0.0718. The summed E-state index contributed by atoms with van der Waals surface area (Å²) in [6, 6.07) is 37.9. The third kappa shape index (κ3) is 22.7. The molecule has 0 bridgehead atoms. The molecule has 8 aromatic rings. The van der Waals surface area contributed by atoms with Gasteiger partial charge in [0.05, 0.1) is 32.3 Å². The second-order valence-electron chi connectivity index (χ2n) is 40.7. The zero-order valence-electron chi connectivity index (χ0n) is 72.9. The maximum atomic E-state index is 2.55. The molecule has 4 aromatic heterocycles. The highest BCUT2D eigenvalue weighted by Gasteiger charge is 2.35. The topological polar surface area (TPSA) is 15.5 Å². The fraction of sp³-hybridized carbons (Fsp3) is 0.542. The van der Waals surface area contributed by atoms with E-state index in [2.05, 4.69) is 371 Å². The molecule has 0 N–H and O–H groups in total. The Hall–Kier alpha value is -5.65. The summed E-state index contributed by atoms with van der Waals surface area (Å²) >= 11 is 0. The SMILES string of the molecule is Cc1cc(C(C)(C)C)ccc1-c1cc(C2CCCC2)c([Si](C)(C)C)c[n+]1C.Cc1cc(CC(C)C)ccc1-c1cc(C2CCCC2)c([Si](C)(C)C)c[n+]1C.Cc1ccc(C(C)C)cc1-c1cc(CC(C)(C)C)c([Si](C)(C)C)c[n+]1C.Cc1ccc(C)c(-c2cc(CC(C)(C)C)c([Si](C)(C)C)c[n+]2C)c1. The molecule has 0 saturated heterocycles. The summed E-state index contributed by atoms with van der Waals surface area (Å²) in [5.41, 5.74) is 29.2. The van der Waals surface area contributed by atoms with Crippen molar-refractivity contribution < 1.29 is 18.3 Å². The summed E-state index contributed by atoms with van der Waals surface area (Å²) in [5, 5.41) is 6.50. The Bertz CT molecular complexity index is 4270. The van der Waals surface area contributed by atoms with Crippen molar-refractivity contribution in [3.05, 3.63) is 189 Å². The van der Waals surface area contributed by atoms with Crippen molar-refractivity contribution in [2.24, 2.45) is 44.9 Å². The predicted octanol–water partition coefficient (Wildman–Crippen LogP) is 22.5. The predicted molar refractivity (Wildman–Crippen MR) is 468 cm³/mol. The number of rotatable bonds is 15. The van der Waals surface area contributed by atoms with Crippen LogP contribution in [0, 0.1) is 51.4 Å². The van der Waals surface area contributed by atoms with Gasteiger partial charge in [-0.25, -0.2) is 18.3 Å². The van der Waals surface area contributed by atoms with E-state index in [0.717, 1.165) is 31.1 Å². The summed E-state index contributed by atoms with van der Waals surface area (Å²) < 4.78 is 9.45. The summed E-state index contributed by atoms with van der Waals surface area (Å²) in [7, 11) is 3.37. The minimum atomic E-state index is -1.40. The number of hydrogen-bond acceptors (Lipinski definition) is 0. The largest absolute Gasteiger partial charge is 0.212 e. The van der Waals surface area contributed by atoms with Crippen LogP contribution in [0.2, 0.25) is 78.6 Å². The maximum absolute atomic E-state index is 2.55. The standard InChI is InChI=1S/2C25H38NSi.C24H38NSi.C22H34NSi/c1-18-15-20(25(2,3)4)13-14-21(18)23-16-22(19-11-9-10-12-19)24(17-26(23)5)27(6,7)8;1-18(2)14-20-12-13-22(19(3)15-20)24-16-23(21-10-8-9-11-21)25(17-26(24)4)27(5,6)7;1-17(2)19-12-11-18(3)21(13-19)22-14-20(15-24(4,5)6)23(16-25(22)7)26(8,9)10;1-16-10-11-17(2)19(12-16)20-13-18(14-22(3,4)5)21(15-23(20)6)24(7,8)9/h13-17,19H,9-12H2,1-8H3;12-13,15-18,21H,8-11,14H2,1-7H3;11-14,16-17H,15H2,1-10H3;10-13,15H,14H2,1-9H3/q4*+1. The number of aryl methyl sites for hydroxylation is 9. The second-order valence-corrected chi connectivity index (χ2v) is 60.9. The van der Waals surface area contributed by atoms with Gasteiger partial charge in [0.1, 0.15) is 28.2 Å². The van der Waals surface area contributed by atoms with Crippen LogP contribution in [0.3, 0.4) is 0 Å². The average molecular weight is 1470 g/mol. The molecule has 0 amide bonds. The molecule has 10 rings (SSSR count). The van der Waals surface area contributed by atoms with Gasteiger partial charge in [0.2, 0.25) is 22.8 Å². The molecule has 4 nitrogen and oxygen atoms in total. The lowest BCUT2D eigenvalue weighted by molar-refractivity contribution is -0.659. The molecule has 564 valence electrons. The molecule has 2 aliphatic carbocycles. The molecule has 8 heteroatoms. The maximum Gasteiger partial charge on any atom is 0.212 e. The molecular weight excluding hydrogens is 1320 g/mol. The molecule has 0 unspecified atom stereocenters. The highest BCUT2D eigenvalue weighted by molar-refractivity contribution is 6.90. The Morgan fingerprint density at radius 2 is 0.731 bits per heavy atom. The third-order valence-corrected chi connectivity index (χ3v) is 30.2. The fourth-order valence-electron chi connectivity index (χ4n) is 16.3.